The summed E-state index contributed by atoms with van der Waals surface area (Å²) in [6.07, 6.45) is -4.69. The van der Waals surface area contributed by atoms with Crippen LogP contribution < -0.4 is 9.46 Å². The second-order valence-corrected chi connectivity index (χ2v) is 11.3. The van der Waals surface area contributed by atoms with Crippen LogP contribution in [-0.2, 0) is 24.8 Å². The van der Waals surface area contributed by atoms with Gasteiger partial charge in [-0.05, 0) is 41.1 Å². The Morgan fingerprint density at radius 3 is 2.23 bits per heavy atom. The fraction of sp³-hybridized carbons (Fsp3) is 0.273. The maximum absolute atomic E-state index is 13.1. The fourth-order valence-electron chi connectivity index (χ4n) is 3.51. The molecule has 188 valence electrons. The third-order valence-electron chi connectivity index (χ3n) is 5.23. The summed E-state index contributed by atoms with van der Waals surface area (Å²) in [5.74, 6) is -0.465. The van der Waals surface area contributed by atoms with Crippen LogP contribution in [0.2, 0.25) is 0 Å². The fourth-order valence-corrected chi connectivity index (χ4v) is 6.04. The highest BCUT2D eigenvalue weighted by Crippen LogP contribution is 2.33. The minimum atomic E-state index is -4.69. The van der Waals surface area contributed by atoms with Gasteiger partial charge in [-0.25, -0.2) is 16.8 Å². The van der Waals surface area contributed by atoms with Gasteiger partial charge in [0.2, 0.25) is 10.0 Å². The SMILES string of the molecule is O=S(=O)(Nc1cc(S(=O)(=O)N2CCOCC2)ccc1OCC(F)(F)F)c1ccc2ccccc2c1. The lowest BCUT2D eigenvalue weighted by atomic mass is 10.1. The van der Waals surface area contributed by atoms with Crippen molar-refractivity contribution in [1.82, 2.24) is 4.31 Å². The first-order valence-electron chi connectivity index (χ1n) is 10.4. The molecule has 0 aromatic heterocycles. The Labute approximate surface area is 200 Å². The molecule has 3 aromatic carbocycles. The molecule has 8 nitrogen and oxygen atoms in total. The summed E-state index contributed by atoms with van der Waals surface area (Å²) in [5, 5.41) is 1.42. The van der Waals surface area contributed by atoms with Crippen molar-refractivity contribution < 1.29 is 39.5 Å². The van der Waals surface area contributed by atoms with Crippen LogP contribution >= 0.6 is 0 Å². The van der Waals surface area contributed by atoms with E-state index in [9.17, 15) is 30.0 Å². The molecule has 13 heteroatoms. The van der Waals surface area contributed by atoms with E-state index in [2.05, 4.69) is 4.72 Å². The van der Waals surface area contributed by atoms with Crippen LogP contribution in [0.5, 0.6) is 5.75 Å². The molecule has 1 saturated heterocycles. The molecule has 0 unspecified atom stereocenters. The van der Waals surface area contributed by atoms with Gasteiger partial charge >= 0.3 is 6.18 Å². The van der Waals surface area contributed by atoms with Gasteiger partial charge in [-0.2, -0.15) is 17.5 Å². The summed E-state index contributed by atoms with van der Waals surface area (Å²) in [6, 6.07) is 14.4. The number of hydrogen-bond acceptors (Lipinski definition) is 6. The second kappa shape index (κ2) is 9.64. The van der Waals surface area contributed by atoms with E-state index < -0.39 is 44.3 Å². The number of halogens is 3. The molecule has 0 saturated carbocycles. The minimum Gasteiger partial charge on any atom is -0.482 e. The highest BCUT2D eigenvalue weighted by Gasteiger charge is 2.31. The molecule has 0 spiro atoms. The Morgan fingerprint density at radius 2 is 1.54 bits per heavy atom. The number of rotatable bonds is 7. The molecule has 1 aliphatic heterocycles. The van der Waals surface area contributed by atoms with Gasteiger partial charge in [-0.15, -0.1) is 0 Å². The lowest BCUT2D eigenvalue weighted by Gasteiger charge is -2.26. The van der Waals surface area contributed by atoms with Crippen LogP contribution in [0.4, 0.5) is 18.9 Å². The third kappa shape index (κ3) is 5.86. The summed E-state index contributed by atoms with van der Waals surface area (Å²) in [7, 11) is -8.36. The Hall–Kier alpha value is -2.87. The van der Waals surface area contributed by atoms with Crippen molar-refractivity contribution in [2.24, 2.45) is 0 Å². The molecule has 0 amide bonds. The van der Waals surface area contributed by atoms with Gasteiger partial charge in [0, 0.05) is 13.1 Å². The van der Waals surface area contributed by atoms with Crippen LogP contribution in [0, 0.1) is 0 Å². The van der Waals surface area contributed by atoms with E-state index >= 15 is 0 Å². The van der Waals surface area contributed by atoms with E-state index in [-0.39, 0.29) is 36.1 Å². The number of hydrogen-bond donors (Lipinski definition) is 1. The average molecular weight is 531 g/mol. The lowest BCUT2D eigenvalue weighted by Crippen LogP contribution is -2.40. The first-order valence-corrected chi connectivity index (χ1v) is 13.3. The Morgan fingerprint density at radius 1 is 0.886 bits per heavy atom. The van der Waals surface area contributed by atoms with Gasteiger partial charge in [0.05, 0.1) is 28.7 Å². The zero-order chi connectivity index (χ0) is 25.3. The quantitative estimate of drug-likeness (QED) is 0.501. The molecular formula is C22H21F3N2O6S2. The zero-order valence-electron chi connectivity index (χ0n) is 18.2. The van der Waals surface area contributed by atoms with Crippen LogP contribution in [0.1, 0.15) is 0 Å². The maximum Gasteiger partial charge on any atom is 0.422 e. The Bertz CT molecular complexity index is 1440. The Kier molecular flexibility index (Phi) is 6.95. The molecule has 1 heterocycles. The zero-order valence-corrected chi connectivity index (χ0v) is 19.8. The van der Waals surface area contributed by atoms with Crippen molar-refractivity contribution in [3.8, 4) is 5.75 Å². The molecule has 0 aliphatic carbocycles. The number of ether oxygens (including phenoxy) is 2. The molecule has 35 heavy (non-hydrogen) atoms. The first-order chi connectivity index (χ1) is 16.5. The largest absolute Gasteiger partial charge is 0.482 e. The van der Waals surface area contributed by atoms with E-state index in [1.54, 1.807) is 30.3 Å². The lowest BCUT2D eigenvalue weighted by molar-refractivity contribution is -0.153. The highest BCUT2D eigenvalue weighted by atomic mass is 32.2. The van der Waals surface area contributed by atoms with E-state index in [1.165, 1.54) is 12.1 Å². The highest BCUT2D eigenvalue weighted by molar-refractivity contribution is 7.92. The smallest absolute Gasteiger partial charge is 0.422 e. The maximum atomic E-state index is 13.1. The number of alkyl halides is 3. The molecule has 1 aliphatic rings. The standard InChI is InChI=1S/C22H21F3N2O6S2/c23-22(24,25)15-33-21-8-7-19(35(30,31)27-9-11-32-12-10-27)14-20(21)26-34(28,29)18-6-5-16-3-1-2-4-17(16)13-18/h1-8,13-14,26H,9-12,15H2. The van der Waals surface area contributed by atoms with Crippen molar-refractivity contribution in [2.45, 2.75) is 16.0 Å². The van der Waals surface area contributed by atoms with Crippen LogP contribution in [0.3, 0.4) is 0 Å². The van der Waals surface area contributed by atoms with Crippen LogP contribution in [0.25, 0.3) is 10.8 Å². The topological polar surface area (TPSA) is 102 Å². The van der Waals surface area contributed by atoms with Crippen LogP contribution in [0.15, 0.2) is 70.5 Å². The number of nitrogens with zero attached hydrogens (tertiary/aromatic N) is 1. The predicted octanol–water partition coefficient (Wildman–Crippen LogP) is 3.60. The van der Waals surface area contributed by atoms with E-state index in [0.717, 1.165) is 27.9 Å². The summed E-state index contributed by atoms with van der Waals surface area (Å²) in [4.78, 5) is -0.450. The number of fused-ring (bicyclic) bond motifs is 1. The van der Waals surface area contributed by atoms with E-state index in [0.29, 0.717) is 5.39 Å². The van der Waals surface area contributed by atoms with Gasteiger partial charge in [-0.3, -0.25) is 4.72 Å². The Balaban J connectivity index is 1.72. The van der Waals surface area contributed by atoms with Crippen molar-refractivity contribution in [1.29, 1.82) is 0 Å². The molecule has 0 radical (unpaired) electrons. The molecule has 1 fully saturated rings. The molecule has 0 atom stereocenters. The van der Waals surface area contributed by atoms with Gasteiger partial charge < -0.3 is 9.47 Å². The number of benzene rings is 3. The number of morpholine rings is 1. The molecule has 1 N–H and O–H groups in total. The normalized spacial score (nSPS) is 15.7. The molecule has 3 aromatic rings. The first kappa shape index (κ1) is 25.2. The summed E-state index contributed by atoms with van der Waals surface area (Å²) in [6.45, 7) is -1.13. The van der Waals surface area contributed by atoms with Gasteiger partial charge in [-0.1, -0.05) is 30.3 Å². The molecular weight excluding hydrogens is 509 g/mol. The van der Waals surface area contributed by atoms with Gasteiger partial charge in [0.1, 0.15) is 5.75 Å². The summed E-state index contributed by atoms with van der Waals surface area (Å²) < 4.78 is 104. The predicted molar refractivity (Wildman–Crippen MR) is 122 cm³/mol. The molecule has 0 bridgehead atoms. The van der Waals surface area contributed by atoms with Crippen molar-refractivity contribution in [2.75, 3.05) is 37.6 Å². The minimum absolute atomic E-state index is 0.0901. The monoisotopic (exact) mass is 530 g/mol. The van der Waals surface area contributed by atoms with Crippen molar-refractivity contribution in [3.05, 3.63) is 60.7 Å². The van der Waals surface area contributed by atoms with Crippen LogP contribution in [-0.4, -0.2) is 60.2 Å². The van der Waals surface area contributed by atoms with E-state index in [1.807, 2.05) is 0 Å². The number of sulfonamides is 2. The van der Waals surface area contributed by atoms with E-state index in [4.69, 9.17) is 9.47 Å². The van der Waals surface area contributed by atoms with Crippen molar-refractivity contribution >= 4 is 36.5 Å². The average Bonchev–Trinajstić information content (AvgIpc) is 2.82. The summed E-state index contributed by atoms with van der Waals surface area (Å²) >= 11 is 0. The third-order valence-corrected chi connectivity index (χ3v) is 8.48. The molecule has 4 rings (SSSR count). The number of anilines is 1. The van der Waals surface area contributed by atoms with Crippen molar-refractivity contribution in [3.63, 3.8) is 0 Å². The summed E-state index contributed by atoms with van der Waals surface area (Å²) in [5.41, 5.74) is -0.434. The van der Waals surface area contributed by atoms with Gasteiger partial charge in [0.25, 0.3) is 10.0 Å². The van der Waals surface area contributed by atoms with Gasteiger partial charge in [0.15, 0.2) is 6.61 Å². The second-order valence-electron chi connectivity index (χ2n) is 7.69. The number of nitrogens with one attached hydrogen (secondary N) is 1.